The van der Waals surface area contributed by atoms with Gasteiger partial charge in [0.1, 0.15) is 6.04 Å². The Morgan fingerprint density at radius 2 is 1.88 bits per heavy atom. The molecule has 6 heteroatoms. The first-order valence-corrected chi connectivity index (χ1v) is 9.24. The van der Waals surface area contributed by atoms with Gasteiger partial charge in [-0.1, -0.05) is 19.9 Å². The number of aryl methyl sites for hydroxylation is 2. The molecular formula is C20H30N2O4. The van der Waals surface area contributed by atoms with Crippen LogP contribution >= 0.6 is 0 Å². The highest BCUT2D eigenvalue weighted by Crippen LogP contribution is 2.14. The van der Waals surface area contributed by atoms with Gasteiger partial charge in [0.05, 0.1) is 0 Å². The number of benzene rings is 1. The van der Waals surface area contributed by atoms with E-state index in [2.05, 4.69) is 10.6 Å². The number of carbonyl (C=O) groups is 2. The van der Waals surface area contributed by atoms with E-state index in [4.69, 9.17) is 9.47 Å². The molecule has 1 atom stereocenters. The summed E-state index contributed by atoms with van der Waals surface area (Å²) in [4.78, 5) is 24.5. The average molecular weight is 362 g/mol. The lowest BCUT2D eigenvalue weighted by atomic mass is 10.0. The molecule has 26 heavy (non-hydrogen) atoms. The first-order chi connectivity index (χ1) is 12.4. The van der Waals surface area contributed by atoms with Gasteiger partial charge in [0, 0.05) is 24.9 Å². The van der Waals surface area contributed by atoms with E-state index in [-0.39, 0.29) is 30.4 Å². The summed E-state index contributed by atoms with van der Waals surface area (Å²) in [5, 5.41) is 6.12. The first-order valence-electron chi connectivity index (χ1n) is 9.24. The summed E-state index contributed by atoms with van der Waals surface area (Å²) in [6, 6.07) is 5.51. The number of anilines is 1. The van der Waals surface area contributed by atoms with Crippen LogP contribution in [-0.4, -0.2) is 43.8 Å². The van der Waals surface area contributed by atoms with Crippen LogP contribution in [0.2, 0.25) is 0 Å². The molecule has 1 aliphatic heterocycles. The Hall–Kier alpha value is -1.92. The number of hydrogen-bond acceptors (Lipinski definition) is 5. The molecule has 1 heterocycles. The van der Waals surface area contributed by atoms with Gasteiger partial charge in [-0.3, -0.25) is 9.59 Å². The summed E-state index contributed by atoms with van der Waals surface area (Å²) in [5.41, 5.74) is 2.96. The fourth-order valence-corrected chi connectivity index (χ4v) is 2.89. The Labute approximate surface area is 155 Å². The van der Waals surface area contributed by atoms with Crippen molar-refractivity contribution in [3.63, 3.8) is 0 Å². The van der Waals surface area contributed by atoms with Gasteiger partial charge in [-0.15, -0.1) is 0 Å². The molecule has 1 aliphatic rings. The molecule has 0 spiro atoms. The zero-order valence-electron chi connectivity index (χ0n) is 16.1. The van der Waals surface area contributed by atoms with E-state index in [0.29, 0.717) is 18.9 Å². The monoisotopic (exact) mass is 362 g/mol. The number of amides is 1. The van der Waals surface area contributed by atoms with E-state index in [9.17, 15) is 9.59 Å². The van der Waals surface area contributed by atoms with Crippen molar-refractivity contribution in [3.05, 3.63) is 29.3 Å². The topological polar surface area (TPSA) is 76.7 Å². The fourth-order valence-electron chi connectivity index (χ4n) is 2.89. The van der Waals surface area contributed by atoms with Crippen molar-refractivity contribution in [1.29, 1.82) is 0 Å². The van der Waals surface area contributed by atoms with Crippen LogP contribution in [0.1, 0.15) is 37.8 Å². The van der Waals surface area contributed by atoms with Crippen molar-refractivity contribution < 1.29 is 19.1 Å². The Kier molecular flexibility index (Phi) is 7.60. The molecule has 1 amide bonds. The molecule has 1 aromatic rings. The predicted molar refractivity (Wildman–Crippen MR) is 101 cm³/mol. The molecule has 0 unspecified atom stereocenters. The number of nitrogens with one attached hydrogen (secondary N) is 2. The molecule has 0 bridgehead atoms. The molecule has 0 saturated carbocycles. The van der Waals surface area contributed by atoms with Gasteiger partial charge in [-0.2, -0.15) is 0 Å². The zero-order valence-corrected chi connectivity index (χ0v) is 16.1. The molecule has 6 nitrogen and oxygen atoms in total. The highest BCUT2D eigenvalue weighted by atomic mass is 16.5. The molecular weight excluding hydrogens is 332 g/mol. The standard InChI is InChI=1S/C20H30N2O4/c1-13(2)19(22-16-7-9-25-10-8-16)20(24)26-12-18(23)21-17-6-5-14(3)15(4)11-17/h5-6,11,13,16,19,22H,7-10,12H2,1-4H3,(H,21,23)/t19-/m0/s1. The SMILES string of the molecule is Cc1ccc(NC(=O)COC(=O)[C@@H](NC2CCOCC2)C(C)C)cc1C. The maximum Gasteiger partial charge on any atom is 0.323 e. The van der Waals surface area contributed by atoms with E-state index in [1.807, 2.05) is 45.9 Å². The highest BCUT2D eigenvalue weighted by molar-refractivity contribution is 5.93. The summed E-state index contributed by atoms with van der Waals surface area (Å²) in [6.07, 6.45) is 1.76. The van der Waals surface area contributed by atoms with Crippen molar-refractivity contribution in [2.24, 2.45) is 5.92 Å². The van der Waals surface area contributed by atoms with Crippen LogP contribution in [0.4, 0.5) is 5.69 Å². The first kappa shape index (κ1) is 20.4. The summed E-state index contributed by atoms with van der Waals surface area (Å²) >= 11 is 0. The molecule has 1 saturated heterocycles. The zero-order chi connectivity index (χ0) is 19.1. The minimum atomic E-state index is -0.424. The van der Waals surface area contributed by atoms with Crippen LogP contribution in [-0.2, 0) is 19.1 Å². The smallest absolute Gasteiger partial charge is 0.323 e. The van der Waals surface area contributed by atoms with Crippen molar-refractivity contribution in [1.82, 2.24) is 5.32 Å². The van der Waals surface area contributed by atoms with Crippen LogP contribution in [0.5, 0.6) is 0 Å². The van der Waals surface area contributed by atoms with Crippen molar-refractivity contribution in [2.75, 3.05) is 25.1 Å². The van der Waals surface area contributed by atoms with Gasteiger partial charge in [0.15, 0.2) is 6.61 Å². The van der Waals surface area contributed by atoms with Gasteiger partial charge >= 0.3 is 5.97 Å². The van der Waals surface area contributed by atoms with Crippen molar-refractivity contribution in [3.8, 4) is 0 Å². The van der Waals surface area contributed by atoms with Crippen LogP contribution in [0.25, 0.3) is 0 Å². The lowest BCUT2D eigenvalue weighted by Crippen LogP contribution is -2.49. The Morgan fingerprint density at radius 1 is 1.19 bits per heavy atom. The maximum absolute atomic E-state index is 12.4. The molecule has 2 rings (SSSR count). The van der Waals surface area contributed by atoms with E-state index >= 15 is 0 Å². The van der Waals surface area contributed by atoms with Crippen LogP contribution in [0, 0.1) is 19.8 Å². The Balaban J connectivity index is 1.83. The lowest BCUT2D eigenvalue weighted by Gasteiger charge is -2.29. The minimum Gasteiger partial charge on any atom is -0.454 e. The van der Waals surface area contributed by atoms with Crippen LogP contribution < -0.4 is 10.6 Å². The summed E-state index contributed by atoms with van der Waals surface area (Å²) < 4.78 is 10.6. The summed E-state index contributed by atoms with van der Waals surface area (Å²) in [6.45, 7) is 9.05. The third-order valence-corrected chi connectivity index (χ3v) is 4.69. The van der Waals surface area contributed by atoms with Gasteiger partial charge < -0.3 is 20.1 Å². The molecule has 0 aliphatic carbocycles. The summed E-state index contributed by atoms with van der Waals surface area (Å²) in [5.74, 6) is -0.648. The fraction of sp³-hybridized carbons (Fsp3) is 0.600. The van der Waals surface area contributed by atoms with E-state index in [0.717, 1.165) is 24.0 Å². The lowest BCUT2D eigenvalue weighted by molar-refractivity contribution is -0.151. The van der Waals surface area contributed by atoms with E-state index in [1.165, 1.54) is 0 Å². The highest BCUT2D eigenvalue weighted by Gasteiger charge is 2.28. The Bertz CT molecular complexity index is 624. The predicted octanol–water partition coefficient (Wildman–Crippen LogP) is 2.58. The van der Waals surface area contributed by atoms with Crippen molar-refractivity contribution >= 4 is 17.6 Å². The second kappa shape index (κ2) is 9.69. The molecule has 144 valence electrons. The third-order valence-electron chi connectivity index (χ3n) is 4.69. The molecule has 1 fully saturated rings. The van der Waals surface area contributed by atoms with E-state index in [1.54, 1.807) is 0 Å². The number of hydrogen-bond donors (Lipinski definition) is 2. The number of rotatable bonds is 7. The van der Waals surface area contributed by atoms with Crippen LogP contribution in [0.15, 0.2) is 18.2 Å². The van der Waals surface area contributed by atoms with Gasteiger partial charge in [0.2, 0.25) is 0 Å². The largest absolute Gasteiger partial charge is 0.454 e. The van der Waals surface area contributed by atoms with Gasteiger partial charge in [-0.25, -0.2) is 0 Å². The molecule has 2 N–H and O–H groups in total. The number of carbonyl (C=O) groups excluding carboxylic acids is 2. The van der Waals surface area contributed by atoms with Gasteiger partial charge in [-0.05, 0) is 55.9 Å². The number of ether oxygens (including phenoxy) is 2. The van der Waals surface area contributed by atoms with Crippen LogP contribution in [0.3, 0.4) is 0 Å². The average Bonchev–Trinajstić information content (AvgIpc) is 2.61. The number of esters is 1. The third kappa shape index (κ3) is 6.11. The molecule has 1 aromatic carbocycles. The van der Waals surface area contributed by atoms with E-state index < -0.39 is 6.04 Å². The molecule has 0 radical (unpaired) electrons. The van der Waals surface area contributed by atoms with Gasteiger partial charge in [0.25, 0.3) is 5.91 Å². The quantitative estimate of drug-likeness (QED) is 0.729. The molecule has 0 aromatic heterocycles. The normalized spacial score (nSPS) is 16.3. The second-order valence-corrected chi connectivity index (χ2v) is 7.23. The Morgan fingerprint density at radius 3 is 2.50 bits per heavy atom. The van der Waals surface area contributed by atoms with Crippen molar-refractivity contribution in [2.45, 2.75) is 52.6 Å². The maximum atomic E-state index is 12.4. The minimum absolute atomic E-state index is 0.0770. The second-order valence-electron chi connectivity index (χ2n) is 7.23. The summed E-state index contributed by atoms with van der Waals surface area (Å²) in [7, 11) is 0.